The number of thiazole rings is 1. The molecule has 0 bridgehead atoms. The number of carbonyl (C=O) groups excluding carboxylic acids is 3. The molecule has 2 aromatic carbocycles. The average Bonchev–Trinajstić information content (AvgIpc) is 3.12. The number of esters is 1. The summed E-state index contributed by atoms with van der Waals surface area (Å²) in [4.78, 5) is 40.3. The van der Waals surface area contributed by atoms with Crippen molar-refractivity contribution in [2.75, 3.05) is 18.5 Å². The summed E-state index contributed by atoms with van der Waals surface area (Å²) in [6.45, 7) is 4.06. The van der Waals surface area contributed by atoms with Crippen molar-refractivity contribution >= 4 is 44.3 Å². The molecule has 3 aromatic rings. The van der Waals surface area contributed by atoms with Crippen LogP contribution in [0.15, 0.2) is 42.5 Å². The molecule has 3 rings (SSSR count). The molecule has 0 saturated heterocycles. The lowest BCUT2D eigenvalue weighted by Crippen LogP contribution is -2.17. The fraction of sp³-hybridized carbons (Fsp3) is 0.273. The Labute approximate surface area is 178 Å². The molecule has 0 atom stereocenters. The summed E-state index contributed by atoms with van der Waals surface area (Å²) >= 11 is 1.33. The van der Waals surface area contributed by atoms with Gasteiger partial charge in [-0.1, -0.05) is 41.2 Å². The summed E-state index contributed by atoms with van der Waals surface area (Å²) in [6, 6.07) is 12.5. The SMILES string of the molecule is CCOc1ccc2nc(NC(=O)CCC(=O)OCC(=O)c3ccc(C)cc3)sc2c1. The Hall–Kier alpha value is -3.26. The summed E-state index contributed by atoms with van der Waals surface area (Å²) < 4.78 is 11.3. The first kappa shape index (κ1) is 21.4. The number of nitrogens with one attached hydrogen (secondary N) is 1. The fourth-order valence-electron chi connectivity index (χ4n) is 2.65. The zero-order valence-electron chi connectivity index (χ0n) is 16.8. The van der Waals surface area contributed by atoms with Gasteiger partial charge in [-0.05, 0) is 32.0 Å². The maximum absolute atomic E-state index is 12.1. The van der Waals surface area contributed by atoms with E-state index in [9.17, 15) is 14.4 Å². The number of aryl methyl sites for hydroxylation is 1. The van der Waals surface area contributed by atoms with E-state index in [0.29, 0.717) is 17.3 Å². The number of fused-ring (bicyclic) bond motifs is 1. The molecule has 30 heavy (non-hydrogen) atoms. The number of benzene rings is 2. The molecule has 1 heterocycles. The number of ketones is 1. The average molecular weight is 426 g/mol. The second-order valence-electron chi connectivity index (χ2n) is 6.58. The van der Waals surface area contributed by atoms with E-state index in [1.807, 2.05) is 44.2 Å². The zero-order valence-corrected chi connectivity index (χ0v) is 17.6. The molecule has 0 aliphatic rings. The molecule has 0 fully saturated rings. The lowest BCUT2D eigenvalue weighted by Gasteiger charge is -2.05. The minimum absolute atomic E-state index is 0.0579. The third-order valence-electron chi connectivity index (χ3n) is 4.21. The molecule has 156 valence electrons. The molecule has 1 N–H and O–H groups in total. The Kier molecular flexibility index (Phi) is 7.13. The first-order valence-electron chi connectivity index (χ1n) is 9.53. The van der Waals surface area contributed by atoms with Gasteiger partial charge in [0, 0.05) is 12.0 Å². The van der Waals surface area contributed by atoms with Crippen LogP contribution >= 0.6 is 11.3 Å². The van der Waals surface area contributed by atoms with Crippen molar-refractivity contribution in [2.45, 2.75) is 26.7 Å². The van der Waals surface area contributed by atoms with Gasteiger partial charge < -0.3 is 14.8 Å². The van der Waals surface area contributed by atoms with Crippen LogP contribution < -0.4 is 10.1 Å². The molecule has 1 amide bonds. The van der Waals surface area contributed by atoms with Crippen molar-refractivity contribution in [2.24, 2.45) is 0 Å². The molecule has 8 heteroatoms. The molecule has 0 radical (unpaired) electrons. The Balaban J connectivity index is 1.44. The van der Waals surface area contributed by atoms with Crippen LogP contribution in [0.2, 0.25) is 0 Å². The van der Waals surface area contributed by atoms with E-state index in [1.165, 1.54) is 11.3 Å². The van der Waals surface area contributed by atoms with Crippen LogP contribution in [0.4, 0.5) is 5.13 Å². The van der Waals surface area contributed by atoms with Crippen molar-refractivity contribution in [3.05, 3.63) is 53.6 Å². The first-order chi connectivity index (χ1) is 14.4. The molecule has 0 saturated carbocycles. The third kappa shape index (κ3) is 5.87. The Morgan fingerprint density at radius 3 is 2.57 bits per heavy atom. The summed E-state index contributed by atoms with van der Waals surface area (Å²) in [7, 11) is 0. The van der Waals surface area contributed by atoms with Crippen LogP contribution in [-0.4, -0.2) is 35.9 Å². The highest BCUT2D eigenvalue weighted by molar-refractivity contribution is 7.22. The van der Waals surface area contributed by atoms with Gasteiger partial charge in [0.1, 0.15) is 5.75 Å². The summed E-state index contributed by atoms with van der Waals surface area (Å²) in [6.07, 6.45) is -0.177. The topological polar surface area (TPSA) is 94.6 Å². The van der Waals surface area contributed by atoms with E-state index in [4.69, 9.17) is 9.47 Å². The predicted octanol–water partition coefficient (Wildman–Crippen LogP) is 4.15. The van der Waals surface area contributed by atoms with E-state index in [1.54, 1.807) is 12.1 Å². The molecule has 0 spiro atoms. The molecular formula is C22H22N2O5S. The molecule has 0 aliphatic heterocycles. The van der Waals surface area contributed by atoms with Crippen LogP contribution in [0.25, 0.3) is 10.2 Å². The maximum Gasteiger partial charge on any atom is 0.306 e. The van der Waals surface area contributed by atoms with Gasteiger partial charge in [-0.15, -0.1) is 0 Å². The number of ether oxygens (including phenoxy) is 2. The number of hydrogen-bond acceptors (Lipinski definition) is 7. The van der Waals surface area contributed by atoms with Crippen molar-refractivity contribution in [3.63, 3.8) is 0 Å². The Morgan fingerprint density at radius 2 is 1.83 bits per heavy atom. The number of carbonyl (C=O) groups is 3. The third-order valence-corrected chi connectivity index (χ3v) is 5.14. The number of amides is 1. The van der Waals surface area contributed by atoms with E-state index in [0.717, 1.165) is 21.5 Å². The number of nitrogens with zero attached hydrogens (tertiary/aromatic N) is 1. The number of Topliss-reactive ketones (excluding diaryl/α,β-unsaturated/α-hetero) is 1. The second-order valence-corrected chi connectivity index (χ2v) is 7.61. The van der Waals surface area contributed by atoms with Gasteiger partial charge in [-0.2, -0.15) is 0 Å². The summed E-state index contributed by atoms with van der Waals surface area (Å²) in [5, 5.41) is 3.14. The van der Waals surface area contributed by atoms with Gasteiger partial charge in [0.05, 0.1) is 23.2 Å². The van der Waals surface area contributed by atoms with E-state index in [2.05, 4.69) is 10.3 Å². The zero-order chi connectivity index (χ0) is 21.5. The Morgan fingerprint density at radius 1 is 1.07 bits per heavy atom. The largest absolute Gasteiger partial charge is 0.494 e. The van der Waals surface area contributed by atoms with Crippen LogP contribution in [0.1, 0.15) is 35.7 Å². The smallest absolute Gasteiger partial charge is 0.306 e. The fourth-order valence-corrected chi connectivity index (χ4v) is 3.56. The number of hydrogen-bond donors (Lipinski definition) is 1. The first-order valence-corrected chi connectivity index (χ1v) is 10.3. The quantitative estimate of drug-likeness (QED) is 0.408. The van der Waals surface area contributed by atoms with E-state index < -0.39 is 5.97 Å². The van der Waals surface area contributed by atoms with Gasteiger partial charge in [0.25, 0.3) is 0 Å². The van der Waals surface area contributed by atoms with Crippen LogP contribution in [0.3, 0.4) is 0 Å². The normalized spacial score (nSPS) is 10.6. The number of rotatable bonds is 9. The van der Waals surface area contributed by atoms with Crippen LogP contribution in [-0.2, 0) is 14.3 Å². The van der Waals surface area contributed by atoms with E-state index >= 15 is 0 Å². The van der Waals surface area contributed by atoms with Crippen molar-refractivity contribution in [3.8, 4) is 5.75 Å². The molecule has 0 aliphatic carbocycles. The predicted molar refractivity (Wildman–Crippen MR) is 115 cm³/mol. The standard InChI is InChI=1S/C22H22N2O5S/c1-3-28-16-8-9-17-19(12-16)30-22(23-17)24-20(26)10-11-21(27)29-13-18(25)15-6-4-14(2)5-7-15/h4-9,12H,3,10-11,13H2,1-2H3,(H,23,24,26). The maximum atomic E-state index is 12.1. The van der Waals surface area contributed by atoms with Crippen LogP contribution in [0, 0.1) is 6.92 Å². The van der Waals surface area contributed by atoms with Gasteiger partial charge in [-0.25, -0.2) is 4.98 Å². The highest BCUT2D eigenvalue weighted by atomic mass is 32.1. The van der Waals surface area contributed by atoms with Gasteiger partial charge >= 0.3 is 5.97 Å². The molecule has 7 nitrogen and oxygen atoms in total. The highest BCUT2D eigenvalue weighted by Crippen LogP contribution is 2.29. The van der Waals surface area contributed by atoms with E-state index in [-0.39, 0.29) is 31.1 Å². The number of aromatic nitrogens is 1. The minimum atomic E-state index is -0.601. The van der Waals surface area contributed by atoms with Gasteiger partial charge in [0.15, 0.2) is 17.5 Å². The highest BCUT2D eigenvalue weighted by Gasteiger charge is 2.13. The Bertz CT molecular complexity index is 1060. The van der Waals surface area contributed by atoms with Crippen molar-refractivity contribution < 1.29 is 23.9 Å². The van der Waals surface area contributed by atoms with Crippen molar-refractivity contribution in [1.82, 2.24) is 4.98 Å². The summed E-state index contributed by atoms with van der Waals surface area (Å²) in [5.74, 6) is -0.486. The summed E-state index contributed by atoms with van der Waals surface area (Å²) in [5.41, 5.74) is 2.28. The van der Waals surface area contributed by atoms with Gasteiger partial charge in [-0.3, -0.25) is 14.4 Å². The lowest BCUT2D eigenvalue weighted by atomic mass is 10.1. The second kappa shape index (κ2) is 9.98. The lowest BCUT2D eigenvalue weighted by molar-refractivity contribution is -0.143. The number of anilines is 1. The molecule has 0 unspecified atom stereocenters. The van der Waals surface area contributed by atoms with Gasteiger partial charge in [0.2, 0.25) is 5.91 Å². The minimum Gasteiger partial charge on any atom is -0.494 e. The molecular weight excluding hydrogens is 404 g/mol. The molecule has 1 aromatic heterocycles. The van der Waals surface area contributed by atoms with Crippen molar-refractivity contribution in [1.29, 1.82) is 0 Å². The van der Waals surface area contributed by atoms with Crippen LogP contribution in [0.5, 0.6) is 5.75 Å². The monoisotopic (exact) mass is 426 g/mol.